The minimum Gasteiger partial charge on any atom is -0.368 e. The zero-order chi connectivity index (χ0) is 29.1. The van der Waals surface area contributed by atoms with Gasteiger partial charge in [0.05, 0.1) is 11.3 Å². The van der Waals surface area contributed by atoms with Crippen molar-refractivity contribution >= 4 is 34.7 Å². The largest absolute Gasteiger partial charge is 0.416 e. The average molecular weight is 608 g/mol. The molecule has 1 saturated heterocycles. The number of amides is 1. The van der Waals surface area contributed by atoms with Gasteiger partial charge in [-0.3, -0.25) is 14.3 Å². The van der Waals surface area contributed by atoms with Gasteiger partial charge in [0.2, 0.25) is 0 Å². The topological polar surface area (TPSA) is 80.0 Å². The predicted octanol–water partition coefficient (Wildman–Crippen LogP) is 6.06. The lowest BCUT2D eigenvalue weighted by molar-refractivity contribution is -0.137. The normalized spacial score (nSPS) is 13.9. The summed E-state index contributed by atoms with van der Waals surface area (Å²) in [6, 6.07) is 18.9. The number of halogens is 3. The number of aromatic nitrogens is 5. The summed E-state index contributed by atoms with van der Waals surface area (Å²) in [7, 11) is 0. The second-order valence-corrected chi connectivity index (χ2v) is 11.3. The Morgan fingerprint density at radius 3 is 2.45 bits per heavy atom. The molecular weight excluding hydrogens is 583 g/mol. The standard InChI is InChI=1S/C29H24F3N7OS2/c30-29(31,32)21-7-4-10-23(16-21)37-12-14-38(15-13-37)27(40)24-18-41-25(34-24)19-42-28-36-35-26(20-6-5-11-33-17-20)39(28)22-8-2-1-3-9-22/h1-11,16-18H,12-15,19H2. The molecule has 0 spiro atoms. The van der Waals surface area contributed by atoms with Crippen LogP contribution in [-0.2, 0) is 11.9 Å². The molecule has 42 heavy (non-hydrogen) atoms. The first-order chi connectivity index (χ1) is 20.4. The lowest BCUT2D eigenvalue weighted by atomic mass is 10.1. The van der Waals surface area contributed by atoms with Crippen LogP contribution in [0.3, 0.4) is 0 Å². The average Bonchev–Trinajstić information content (AvgIpc) is 3.68. The zero-order valence-corrected chi connectivity index (χ0v) is 23.7. The Hall–Kier alpha value is -4.23. The number of alkyl halides is 3. The molecule has 13 heteroatoms. The van der Waals surface area contributed by atoms with E-state index in [2.05, 4.69) is 20.2 Å². The number of hydrogen-bond donors (Lipinski definition) is 0. The fourth-order valence-corrected chi connectivity index (χ4v) is 6.40. The molecule has 0 N–H and O–H groups in total. The highest BCUT2D eigenvalue weighted by atomic mass is 32.2. The molecule has 5 aromatic rings. The van der Waals surface area contributed by atoms with Crippen LogP contribution in [0.1, 0.15) is 21.1 Å². The van der Waals surface area contributed by atoms with Crippen LogP contribution in [0.5, 0.6) is 0 Å². The summed E-state index contributed by atoms with van der Waals surface area (Å²) in [6.07, 6.45) is -0.941. The predicted molar refractivity (Wildman–Crippen MR) is 156 cm³/mol. The van der Waals surface area contributed by atoms with Crippen molar-refractivity contribution < 1.29 is 18.0 Å². The molecule has 0 atom stereocenters. The number of pyridine rings is 1. The van der Waals surface area contributed by atoms with Gasteiger partial charge in [-0.25, -0.2) is 4.98 Å². The molecule has 1 aliphatic rings. The van der Waals surface area contributed by atoms with Crippen molar-refractivity contribution in [2.24, 2.45) is 0 Å². The lowest BCUT2D eigenvalue weighted by Crippen LogP contribution is -2.49. The van der Waals surface area contributed by atoms with Crippen LogP contribution in [0.15, 0.2) is 89.7 Å². The molecule has 0 bridgehead atoms. The Bertz CT molecular complexity index is 1670. The van der Waals surface area contributed by atoms with E-state index in [0.717, 1.165) is 28.4 Å². The molecule has 0 aliphatic carbocycles. The van der Waals surface area contributed by atoms with Gasteiger partial charge in [-0.15, -0.1) is 21.5 Å². The van der Waals surface area contributed by atoms with Crippen molar-refractivity contribution in [2.75, 3.05) is 31.1 Å². The van der Waals surface area contributed by atoms with Gasteiger partial charge in [-0.1, -0.05) is 36.0 Å². The van der Waals surface area contributed by atoms with E-state index in [-0.39, 0.29) is 5.91 Å². The first-order valence-electron chi connectivity index (χ1n) is 13.1. The number of carbonyl (C=O) groups is 1. The molecule has 8 nitrogen and oxygen atoms in total. The summed E-state index contributed by atoms with van der Waals surface area (Å²) < 4.78 is 41.4. The number of hydrogen-bond acceptors (Lipinski definition) is 8. The Morgan fingerprint density at radius 1 is 0.929 bits per heavy atom. The number of thiazole rings is 1. The number of thioether (sulfide) groups is 1. The highest BCUT2D eigenvalue weighted by molar-refractivity contribution is 7.98. The van der Waals surface area contributed by atoms with E-state index >= 15 is 0 Å². The molecular formula is C29H24F3N7OS2. The molecule has 2 aromatic carbocycles. The van der Waals surface area contributed by atoms with Gasteiger partial charge in [-0.2, -0.15) is 13.2 Å². The smallest absolute Gasteiger partial charge is 0.368 e. The Balaban J connectivity index is 1.11. The molecule has 1 amide bonds. The third kappa shape index (κ3) is 6.02. The maximum Gasteiger partial charge on any atom is 0.416 e. The number of anilines is 1. The van der Waals surface area contributed by atoms with Crippen LogP contribution < -0.4 is 4.90 Å². The number of benzene rings is 2. The number of para-hydroxylation sites is 1. The molecule has 1 aliphatic heterocycles. The van der Waals surface area contributed by atoms with Crippen molar-refractivity contribution in [3.63, 3.8) is 0 Å². The van der Waals surface area contributed by atoms with Gasteiger partial charge in [0, 0.05) is 60.9 Å². The second kappa shape index (κ2) is 11.9. The highest BCUT2D eigenvalue weighted by Crippen LogP contribution is 2.33. The van der Waals surface area contributed by atoms with E-state index in [1.165, 1.54) is 29.2 Å². The number of piperazine rings is 1. The SMILES string of the molecule is O=C(c1csc(CSc2nnc(-c3cccnc3)n2-c2ccccc2)n1)N1CCN(c2cccc(C(F)(F)F)c2)CC1. The van der Waals surface area contributed by atoms with Gasteiger partial charge >= 0.3 is 6.18 Å². The molecule has 0 unspecified atom stereocenters. The first kappa shape index (κ1) is 27.9. The van der Waals surface area contributed by atoms with Crippen LogP contribution in [0.25, 0.3) is 17.1 Å². The highest BCUT2D eigenvalue weighted by Gasteiger charge is 2.31. The summed E-state index contributed by atoms with van der Waals surface area (Å²) in [6.45, 7) is 1.67. The number of carbonyl (C=O) groups excluding carboxylic acids is 1. The van der Waals surface area contributed by atoms with E-state index in [9.17, 15) is 18.0 Å². The summed E-state index contributed by atoms with van der Waals surface area (Å²) in [5.74, 6) is 0.993. The number of nitrogens with zero attached hydrogens (tertiary/aromatic N) is 7. The second-order valence-electron chi connectivity index (χ2n) is 9.46. The molecule has 6 rings (SSSR count). The van der Waals surface area contributed by atoms with Crippen LogP contribution in [-0.4, -0.2) is 61.7 Å². The maximum absolute atomic E-state index is 13.2. The van der Waals surface area contributed by atoms with Gasteiger partial charge in [0.1, 0.15) is 10.7 Å². The van der Waals surface area contributed by atoms with Gasteiger partial charge in [-0.05, 0) is 42.5 Å². The molecule has 3 aromatic heterocycles. The van der Waals surface area contributed by atoms with E-state index in [4.69, 9.17) is 0 Å². The van der Waals surface area contributed by atoms with Gasteiger partial charge in [0.25, 0.3) is 5.91 Å². The fraction of sp³-hybridized carbons (Fsp3) is 0.207. The molecule has 0 saturated carbocycles. The van der Waals surface area contributed by atoms with Gasteiger partial charge < -0.3 is 9.80 Å². The summed E-state index contributed by atoms with van der Waals surface area (Å²) in [5.41, 5.74) is 1.95. The van der Waals surface area contributed by atoms with Crippen LogP contribution in [0.2, 0.25) is 0 Å². The Kier molecular flexibility index (Phi) is 7.94. The van der Waals surface area contributed by atoms with Crippen LogP contribution in [0, 0.1) is 0 Å². The van der Waals surface area contributed by atoms with Crippen molar-refractivity contribution in [3.8, 4) is 17.1 Å². The quantitative estimate of drug-likeness (QED) is 0.208. The molecule has 4 heterocycles. The number of rotatable bonds is 7. The molecule has 1 fully saturated rings. The van der Waals surface area contributed by atoms with E-state index in [1.807, 2.05) is 51.9 Å². The Labute approximate surface area is 247 Å². The first-order valence-corrected chi connectivity index (χ1v) is 14.9. The van der Waals surface area contributed by atoms with E-state index in [0.29, 0.717) is 54.3 Å². The Morgan fingerprint density at radius 2 is 1.71 bits per heavy atom. The lowest BCUT2D eigenvalue weighted by Gasteiger charge is -2.36. The summed E-state index contributed by atoms with van der Waals surface area (Å²) >= 11 is 2.88. The molecule has 0 radical (unpaired) electrons. The van der Waals surface area contributed by atoms with Gasteiger partial charge in [0.15, 0.2) is 11.0 Å². The van der Waals surface area contributed by atoms with Crippen molar-refractivity contribution in [1.82, 2.24) is 29.6 Å². The minimum atomic E-state index is -4.40. The zero-order valence-electron chi connectivity index (χ0n) is 22.1. The van der Waals surface area contributed by atoms with Crippen molar-refractivity contribution in [2.45, 2.75) is 17.1 Å². The van der Waals surface area contributed by atoms with Crippen molar-refractivity contribution in [1.29, 1.82) is 0 Å². The van der Waals surface area contributed by atoms with Crippen molar-refractivity contribution in [3.05, 3.63) is 101 Å². The third-order valence-electron chi connectivity index (χ3n) is 6.77. The fourth-order valence-electron chi connectivity index (χ4n) is 4.67. The summed E-state index contributed by atoms with van der Waals surface area (Å²) in [5, 5.41) is 12.1. The van der Waals surface area contributed by atoms with Crippen LogP contribution >= 0.6 is 23.1 Å². The monoisotopic (exact) mass is 607 g/mol. The molecule has 214 valence electrons. The third-order valence-corrected chi connectivity index (χ3v) is 8.74. The minimum absolute atomic E-state index is 0.183. The van der Waals surface area contributed by atoms with E-state index < -0.39 is 11.7 Å². The summed E-state index contributed by atoms with van der Waals surface area (Å²) in [4.78, 5) is 25.5. The maximum atomic E-state index is 13.2. The van der Waals surface area contributed by atoms with Crippen LogP contribution in [0.4, 0.5) is 18.9 Å². The van der Waals surface area contributed by atoms with E-state index in [1.54, 1.807) is 28.7 Å².